The molecule has 88 valence electrons. The first-order chi connectivity index (χ1) is 7.29. The fraction of sp³-hybridized carbons (Fsp3) is 0.300. The number of benzene rings is 1. The first-order valence-corrected chi connectivity index (χ1v) is 4.38. The molecule has 0 bridgehead atoms. The molecule has 0 atom stereocenters. The second kappa shape index (κ2) is 4.11. The quantitative estimate of drug-likeness (QED) is 0.486. The molecule has 0 saturated carbocycles. The highest BCUT2D eigenvalue weighted by atomic mass is 19.2. The van der Waals surface area contributed by atoms with Gasteiger partial charge in [-0.1, -0.05) is 13.8 Å². The monoisotopic (exact) mass is 236 g/mol. The highest BCUT2D eigenvalue weighted by Gasteiger charge is 2.30. The first-order valence-electron chi connectivity index (χ1n) is 4.38. The van der Waals surface area contributed by atoms with Gasteiger partial charge in [-0.3, -0.25) is 0 Å². The van der Waals surface area contributed by atoms with Gasteiger partial charge in [-0.2, -0.15) is 0 Å². The van der Waals surface area contributed by atoms with Gasteiger partial charge in [-0.05, 0) is 5.92 Å². The van der Waals surface area contributed by atoms with Gasteiger partial charge in [-0.15, -0.1) is 0 Å². The maximum absolute atomic E-state index is 13.3. The van der Waals surface area contributed by atoms with Gasteiger partial charge < -0.3 is 5.11 Å². The van der Waals surface area contributed by atoms with Crippen LogP contribution >= 0.6 is 0 Å². The van der Waals surface area contributed by atoms with Crippen LogP contribution in [0.2, 0.25) is 0 Å². The van der Waals surface area contributed by atoms with Crippen molar-refractivity contribution >= 4 is 5.97 Å². The highest BCUT2D eigenvalue weighted by molar-refractivity contribution is 5.90. The van der Waals surface area contributed by atoms with Crippen LogP contribution in [-0.2, 0) is 0 Å². The summed E-state index contributed by atoms with van der Waals surface area (Å²) >= 11 is 0. The maximum Gasteiger partial charge on any atom is 0.339 e. The molecule has 0 aliphatic rings. The van der Waals surface area contributed by atoms with Gasteiger partial charge in [0, 0.05) is 5.56 Å². The summed E-state index contributed by atoms with van der Waals surface area (Å²) in [6.45, 7) is 2.70. The molecular weight excluding hydrogens is 228 g/mol. The summed E-state index contributed by atoms with van der Waals surface area (Å²) < 4.78 is 52.1. The zero-order valence-electron chi connectivity index (χ0n) is 8.44. The molecule has 1 N–H and O–H groups in total. The second-order valence-corrected chi connectivity index (χ2v) is 3.50. The number of hydrogen-bond donors (Lipinski definition) is 1. The number of aromatic carboxylic acids is 1. The van der Waals surface area contributed by atoms with E-state index >= 15 is 0 Å². The van der Waals surface area contributed by atoms with Crippen LogP contribution < -0.4 is 0 Å². The SMILES string of the molecule is CC(C)c1c(F)c(F)c(F)c(F)c1C(=O)O. The van der Waals surface area contributed by atoms with Gasteiger partial charge in [0.1, 0.15) is 5.56 Å². The number of rotatable bonds is 2. The Balaban J connectivity index is 3.76. The van der Waals surface area contributed by atoms with E-state index in [2.05, 4.69) is 0 Å². The van der Waals surface area contributed by atoms with Gasteiger partial charge in [0.15, 0.2) is 23.3 Å². The lowest BCUT2D eigenvalue weighted by molar-refractivity contribution is 0.0687. The first kappa shape index (κ1) is 12.5. The summed E-state index contributed by atoms with van der Waals surface area (Å²) in [4.78, 5) is 10.7. The van der Waals surface area contributed by atoms with E-state index in [0.717, 1.165) is 0 Å². The fourth-order valence-electron chi connectivity index (χ4n) is 1.40. The third-order valence-corrected chi connectivity index (χ3v) is 2.09. The second-order valence-electron chi connectivity index (χ2n) is 3.50. The van der Waals surface area contributed by atoms with Crippen LogP contribution in [0.25, 0.3) is 0 Å². The standard InChI is InChI=1S/C10H8F4O2/c1-3(2)4-5(10(15)16)7(12)9(14)8(13)6(4)11/h3H,1-2H3,(H,15,16). The normalized spacial score (nSPS) is 10.9. The summed E-state index contributed by atoms with van der Waals surface area (Å²) in [6.07, 6.45) is 0. The minimum atomic E-state index is -2.11. The Hall–Kier alpha value is -1.59. The molecule has 0 spiro atoms. The molecule has 0 radical (unpaired) electrons. The predicted octanol–water partition coefficient (Wildman–Crippen LogP) is 3.06. The Morgan fingerprint density at radius 1 is 1.00 bits per heavy atom. The van der Waals surface area contributed by atoms with Crippen molar-refractivity contribution in [3.05, 3.63) is 34.4 Å². The zero-order valence-corrected chi connectivity index (χ0v) is 8.44. The Kier molecular flexibility index (Phi) is 3.21. The van der Waals surface area contributed by atoms with Crippen molar-refractivity contribution in [3.8, 4) is 0 Å². The summed E-state index contributed by atoms with van der Waals surface area (Å²) in [6, 6.07) is 0. The van der Waals surface area contributed by atoms with Gasteiger partial charge in [0.2, 0.25) is 0 Å². The molecule has 0 amide bonds. The molecule has 0 unspecified atom stereocenters. The Morgan fingerprint density at radius 2 is 1.44 bits per heavy atom. The van der Waals surface area contributed by atoms with E-state index in [0.29, 0.717) is 0 Å². The number of hydrogen-bond acceptors (Lipinski definition) is 1. The lowest BCUT2D eigenvalue weighted by atomic mass is 9.95. The number of carboxylic acid groups (broad SMARTS) is 1. The van der Waals surface area contributed by atoms with E-state index in [1.54, 1.807) is 0 Å². The van der Waals surface area contributed by atoms with Crippen LogP contribution in [-0.4, -0.2) is 11.1 Å². The number of halogens is 4. The molecule has 2 nitrogen and oxygen atoms in total. The molecule has 0 aliphatic carbocycles. The molecule has 1 rings (SSSR count). The molecule has 16 heavy (non-hydrogen) atoms. The zero-order chi connectivity index (χ0) is 12.6. The Morgan fingerprint density at radius 3 is 1.81 bits per heavy atom. The van der Waals surface area contributed by atoms with E-state index in [1.807, 2.05) is 0 Å². The molecule has 0 heterocycles. The average Bonchev–Trinajstić information content (AvgIpc) is 2.18. The van der Waals surface area contributed by atoms with Crippen LogP contribution in [0.15, 0.2) is 0 Å². The summed E-state index contributed by atoms with van der Waals surface area (Å²) in [5.41, 5.74) is -1.84. The average molecular weight is 236 g/mol. The van der Waals surface area contributed by atoms with E-state index in [-0.39, 0.29) is 0 Å². The molecule has 0 aliphatic heterocycles. The smallest absolute Gasteiger partial charge is 0.339 e. The molecule has 1 aromatic carbocycles. The molecular formula is C10H8F4O2. The van der Waals surface area contributed by atoms with E-state index in [9.17, 15) is 22.4 Å². The highest BCUT2D eigenvalue weighted by Crippen LogP contribution is 2.29. The van der Waals surface area contributed by atoms with Crippen molar-refractivity contribution in [2.45, 2.75) is 19.8 Å². The summed E-state index contributed by atoms with van der Waals surface area (Å²) in [7, 11) is 0. The fourth-order valence-corrected chi connectivity index (χ4v) is 1.40. The summed E-state index contributed by atoms with van der Waals surface area (Å²) in [5.74, 6) is -10.3. The van der Waals surface area contributed by atoms with Crippen molar-refractivity contribution in [3.63, 3.8) is 0 Å². The van der Waals surface area contributed by atoms with Crippen LogP contribution in [0.5, 0.6) is 0 Å². The lowest BCUT2D eigenvalue weighted by Crippen LogP contribution is -2.14. The van der Waals surface area contributed by atoms with Gasteiger partial charge in [-0.25, -0.2) is 22.4 Å². The van der Waals surface area contributed by atoms with Crippen molar-refractivity contribution < 1.29 is 27.5 Å². The van der Waals surface area contributed by atoms with E-state index < -0.39 is 46.3 Å². The van der Waals surface area contributed by atoms with Crippen LogP contribution in [0, 0.1) is 23.3 Å². The van der Waals surface area contributed by atoms with E-state index in [1.165, 1.54) is 13.8 Å². The van der Waals surface area contributed by atoms with Crippen LogP contribution in [0.1, 0.15) is 35.7 Å². The largest absolute Gasteiger partial charge is 0.478 e. The van der Waals surface area contributed by atoms with E-state index in [4.69, 9.17) is 5.11 Å². The Bertz CT molecular complexity index is 455. The van der Waals surface area contributed by atoms with Crippen molar-refractivity contribution in [2.75, 3.05) is 0 Å². The van der Waals surface area contributed by atoms with Crippen LogP contribution in [0.4, 0.5) is 17.6 Å². The van der Waals surface area contributed by atoms with Crippen molar-refractivity contribution in [1.82, 2.24) is 0 Å². The number of carbonyl (C=O) groups is 1. The third-order valence-electron chi connectivity index (χ3n) is 2.09. The Labute approximate surface area is 88.5 Å². The van der Waals surface area contributed by atoms with Gasteiger partial charge in [0.25, 0.3) is 0 Å². The minimum Gasteiger partial charge on any atom is -0.478 e. The van der Waals surface area contributed by atoms with Gasteiger partial charge in [0.05, 0.1) is 0 Å². The van der Waals surface area contributed by atoms with Crippen molar-refractivity contribution in [2.24, 2.45) is 0 Å². The lowest BCUT2D eigenvalue weighted by Gasteiger charge is -2.13. The number of carboxylic acids is 1. The topological polar surface area (TPSA) is 37.3 Å². The maximum atomic E-state index is 13.3. The summed E-state index contributed by atoms with van der Waals surface area (Å²) in [5, 5.41) is 8.64. The molecule has 1 aromatic rings. The van der Waals surface area contributed by atoms with Crippen LogP contribution in [0.3, 0.4) is 0 Å². The molecule has 0 saturated heterocycles. The van der Waals surface area contributed by atoms with Gasteiger partial charge >= 0.3 is 5.97 Å². The molecule has 0 aromatic heterocycles. The third kappa shape index (κ3) is 1.75. The van der Waals surface area contributed by atoms with Crippen molar-refractivity contribution in [1.29, 1.82) is 0 Å². The molecule has 0 fully saturated rings. The predicted molar refractivity (Wildman–Crippen MR) is 47.3 cm³/mol. The minimum absolute atomic E-state index is 0.677. The molecule has 6 heteroatoms.